The van der Waals surface area contributed by atoms with Crippen LogP contribution in [-0.4, -0.2) is 46.2 Å². The third kappa shape index (κ3) is 8.73. The summed E-state index contributed by atoms with van der Waals surface area (Å²) in [6.45, 7) is 3.98. The van der Waals surface area contributed by atoms with Gasteiger partial charge in [0.25, 0.3) is 0 Å². The second-order valence-corrected chi connectivity index (χ2v) is 11.8. The van der Waals surface area contributed by atoms with Gasteiger partial charge in [-0.25, -0.2) is 13.2 Å². The molecule has 0 aliphatic carbocycles. The first kappa shape index (κ1) is 22.4. The quantitative estimate of drug-likeness (QED) is 0.225. The largest absolute Gasteiger partial charge is 0.743 e. The van der Waals surface area contributed by atoms with Gasteiger partial charge in [0.15, 0.2) is 18.4 Å². The molecule has 0 aromatic carbocycles. The Labute approximate surface area is 137 Å². The van der Waals surface area contributed by atoms with E-state index >= 15 is 0 Å². The molecule has 0 aliphatic heterocycles. The molecule has 0 N–H and O–H groups in total. The molecule has 0 amide bonds. The zero-order valence-electron chi connectivity index (χ0n) is 13.8. The van der Waals surface area contributed by atoms with Crippen LogP contribution in [0.5, 0.6) is 0 Å². The molecular weight excluding hydrogens is 350 g/mol. The molecule has 0 spiro atoms. The molecule has 10 heteroatoms. The first-order chi connectivity index (χ1) is 10.4. The lowest BCUT2D eigenvalue weighted by Gasteiger charge is -2.19. The van der Waals surface area contributed by atoms with Gasteiger partial charge in [-0.3, -0.25) is 0 Å². The van der Waals surface area contributed by atoms with Crippen LogP contribution in [0, 0.1) is 0 Å². The van der Waals surface area contributed by atoms with Crippen LogP contribution in [0.2, 0.25) is 19.1 Å². The predicted molar refractivity (Wildman–Crippen MR) is 82.6 cm³/mol. The number of rotatable bonds is 12. The molecule has 0 saturated heterocycles. The SMILES string of the molecule is CO[Si](C)(C)CCCCCCCCOC(=O)C(F)(F)S(=O)(=O)[O-]. The molecule has 0 rings (SSSR count). The van der Waals surface area contributed by atoms with E-state index in [1.165, 1.54) is 0 Å². The molecule has 6 nitrogen and oxygen atoms in total. The predicted octanol–water partition coefficient (Wildman–Crippen LogP) is 2.86. The Bertz CT molecular complexity index is 467. The van der Waals surface area contributed by atoms with E-state index in [4.69, 9.17) is 4.43 Å². The van der Waals surface area contributed by atoms with Crippen LogP contribution in [0.25, 0.3) is 0 Å². The van der Waals surface area contributed by atoms with Crippen molar-refractivity contribution in [3.05, 3.63) is 0 Å². The van der Waals surface area contributed by atoms with E-state index in [2.05, 4.69) is 17.8 Å². The first-order valence-corrected chi connectivity index (χ1v) is 12.0. The minimum absolute atomic E-state index is 0.326. The fourth-order valence-corrected chi connectivity index (χ4v) is 3.38. The molecule has 138 valence electrons. The van der Waals surface area contributed by atoms with Crippen LogP contribution >= 0.6 is 0 Å². The van der Waals surface area contributed by atoms with Crippen LogP contribution in [-0.2, 0) is 24.1 Å². The van der Waals surface area contributed by atoms with E-state index in [0.717, 1.165) is 31.7 Å². The van der Waals surface area contributed by atoms with Gasteiger partial charge in [0.1, 0.15) is 0 Å². The van der Waals surface area contributed by atoms with Crippen molar-refractivity contribution < 1.29 is 35.7 Å². The summed E-state index contributed by atoms with van der Waals surface area (Å²) in [6.07, 6.45) is 4.99. The maximum Gasteiger partial charge on any atom is 0.428 e. The van der Waals surface area contributed by atoms with E-state index in [1.807, 2.05) is 0 Å². The lowest BCUT2D eigenvalue weighted by atomic mass is 10.1. The Morgan fingerprint density at radius 3 is 2.04 bits per heavy atom. The van der Waals surface area contributed by atoms with Crippen molar-refractivity contribution in [2.45, 2.75) is 62.9 Å². The van der Waals surface area contributed by atoms with Crippen LogP contribution < -0.4 is 0 Å². The van der Waals surface area contributed by atoms with Gasteiger partial charge in [0, 0.05) is 7.11 Å². The number of halogens is 2. The van der Waals surface area contributed by atoms with Crippen molar-refractivity contribution in [1.82, 2.24) is 0 Å². The van der Waals surface area contributed by atoms with Crippen molar-refractivity contribution in [2.24, 2.45) is 0 Å². The summed E-state index contributed by atoms with van der Waals surface area (Å²) in [4.78, 5) is 10.8. The van der Waals surface area contributed by atoms with Gasteiger partial charge < -0.3 is 13.7 Å². The van der Waals surface area contributed by atoms with Crippen molar-refractivity contribution in [3.8, 4) is 0 Å². The number of ether oxygens (including phenoxy) is 1. The number of carbonyl (C=O) groups excluding carboxylic acids is 1. The van der Waals surface area contributed by atoms with Crippen LogP contribution in [0.3, 0.4) is 0 Å². The van der Waals surface area contributed by atoms with Crippen LogP contribution in [0.1, 0.15) is 38.5 Å². The molecule has 0 unspecified atom stereocenters. The third-order valence-corrected chi connectivity index (χ3v) is 6.97. The molecular formula is C13H25F2O6SSi-. The standard InChI is InChI=1S/C13H26F2O6SSi/c1-20-23(2,3)11-9-7-5-4-6-8-10-21-12(16)13(14,15)22(17,18)19/h4-11H2,1-3H3,(H,17,18,19)/p-1. The normalized spacial score (nSPS) is 13.1. The summed E-state index contributed by atoms with van der Waals surface area (Å²) in [5, 5.41) is -5.02. The van der Waals surface area contributed by atoms with Gasteiger partial charge in [0.05, 0.1) is 6.61 Å². The van der Waals surface area contributed by atoms with E-state index < -0.39 is 29.7 Å². The summed E-state index contributed by atoms with van der Waals surface area (Å²) in [6, 6.07) is 1.08. The number of unbranched alkanes of at least 4 members (excludes halogenated alkanes) is 5. The second-order valence-electron chi connectivity index (χ2n) is 5.94. The summed E-state index contributed by atoms with van der Waals surface area (Å²) in [7, 11) is -5.81. The van der Waals surface area contributed by atoms with E-state index in [9.17, 15) is 26.5 Å². The van der Waals surface area contributed by atoms with E-state index in [0.29, 0.717) is 12.8 Å². The molecule has 23 heavy (non-hydrogen) atoms. The molecule has 0 aromatic rings. The maximum absolute atomic E-state index is 12.8. The minimum Gasteiger partial charge on any atom is -0.743 e. The van der Waals surface area contributed by atoms with E-state index in [1.54, 1.807) is 7.11 Å². The minimum atomic E-state index is -6.04. The highest BCUT2D eigenvalue weighted by atomic mass is 32.2. The smallest absolute Gasteiger partial charge is 0.428 e. The Hall–Kier alpha value is -0.583. The molecule has 0 heterocycles. The molecule has 0 saturated carbocycles. The number of esters is 1. The highest BCUT2D eigenvalue weighted by Gasteiger charge is 2.48. The molecule has 0 aromatic heterocycles. The molecule has 0 radical (unpaired) electrons. The summed E-state index contributed by atoms with van der Waals surface area (Å²) >= 11 is 0. The van der Waals surface area contributed by atoms with Gasteiger partial charge in [-0.05, 0) is 25.6 Å². The van der Waals surface area contributed by atoms with E-state index in [-0.39, 0.29) is 6.61 Å². The average Bonchev–Trinajstić information content (AvgIpc) is 2.43. The van der Waals surface area contributed by atoms with Gasteiger partial charge in [-0.15, -0.1) is 0 Å². The monoisotopic (exact) mass is 375 g/mol. The fourth-order valence-electron chi connectivity index (χ4n) is 1.81. The molecule has 0 aliphatic rings. The number of hydrogen-bond donors (Lipinski definition) is 0. The molecule has 0 fully saturated rings. The lowest BCUT2D eigenvalue weighted by molar-refractivity contribution is -0.161. The fraction of sp³-hybridized carbons (Fsp3) is 0.923. The summed E-state index contributed by atoms with van der Waals surface area (Å²) in [5.74, 6) is -2.31. The first-order valence-electron chi connectivity index (χ1n) is 7.49. The summed E-state index contributed by atoms with van der Waals surface area (Å²) in [5.41, 5.74) is 0. The Morgan fingerprint density at radius 2 is 1.57 bits per heavy atom. The number of hydrogen-bond acceptors (Lipinski definition) is 6. The van der Waals surface area contributed by atoms with Crippen molar-refractivity contribution in [1.29, 1.82) is 0 Å². The van der Waals surface area contributed by atoms with Crippen molar-refractivity contribution >= 4 is 24.4 Å². The van der Waals surface area contributed by atoms with Gasteiger partial charge in [-0.1, -0.05) is 32.1 Å². The third-order valence-electron chi connectivity index (χ3n) is 3.51. The van der Waals surface area contributed by atoms with Gasteiger partial charge in [0.2, 0.25) is 0 Å². The van der Waals surface area contributed by atoms with Gasteiger partial charge in [-0.2, -0.15) is 8.78 Å². The second kappa shape index (κ2) is 9.65. The molecule has 0 atom stereocenters. The van der Waals surface area contributed by atoms with Crippen molar-refractivity contribution in [2.75, 3.05) is 13.7 Å². The number of alkyl halides is 2. The maximum atomic E-state index is 12.8. The van der Waals surface area contributed by atoms with Crippen molar-refractivity contribution in [3.63, 3.8) is 0 Å². The Balaban J connectivity index is 3.70. The summed E-state index contributed by atoms with van der Waals surface area (Å²) < 4.78 is 65.8. The molecule has 0 bridgehead atoms. The highest BCUT2D eigenvalue weighted by molar-refractivity contribution is 7.87. The highest BCUT2D eigenvalue weighted by Crippen LogP contribution is 2.22. The van der Waals surface area contributed by atoms with Gasteiger partial charge >= 0.3 is 11.2 Å². The van der Waals surface area contributed by atoms with Crippen LogP contribution in [0.15, 0.2) is 0 Å². The number of carbonyl (C=O) groups is 1. The zero-order chi connectivity index (χ0) is 18.1. The Morgan fingerprint density at radius 1 is 1.09 bits per heavy atom. The average molecular weight is 375 g/mol. The Kier molecular flexibility index (Phi) is 9.40. The zero-order valence-corrected chi connectivity index (χ0v) is 15.6. The topological polar surface area (TPSA) is 92.7 Å². The van der Waals surface area contributed by atoms with Crippen LogP contribution in [0.4, 0.5) is 8.78 Å². The lowest BCUT2D eigenvalue weighted by Crippen LogP contribution is -2.39.